The first-order valence-corrected chi connectivity index (χ1v) is 11.1. The quantitative estimate of drug-likeness (QED) is 0.149. The highest BCUT2D eigenvalue weighted by atomic mass is 32.1. The number of unbranched alkanes of at least 4 members (excludes halogenated alkanes) is 2. The van der Waals surface area contributed by atoms with E-state index in [2.05, 4.69) is 41.4 Å². The zero-order valence-corrected chi connectivity index (χ0v) is 17.9. The Morgan fingerprint density at radius 2 is 1.72 bits per heavy atom. The molecule has 1 aliphatic rings. The van der Waals surface area contributed by atoms with E-state index in [9.17, 15) is 4.79 Å². The molecule has 0 bridgehead atoms. The molecule has 1 saturated carbocycles. The molecule has 29 heavy (non-hydrogen) atoms. The van der Waals surface area contributed by atoms with Crippen molar-refractivity contribution in [2.24, 2.45) is 10.9 Å². The second-order valence-electron chi connectivity index (χ2n) is 7.92. The SMILES string of the molecule is CCCCCC1CCC(c2ccc(C(=O)Oc3ccc(N=C=S)cc3)cc2)CC1. The van der Waals surface area contributed by atoms with Gasteiger partial charge in [-0.25, -0.2) is 4.79 Å². The van der Waals surface area contributed by atoms with Gasteiger partial charge in [-0.2, -0.15) is 4.99 Å². The van der Waals surface area contributed by atoms with Gasteiger partial charge in [0.15, 0.2) is 0 Å². The van der Waals surface area contributed by atoms with Crippen molar-refractivity contribution >= 4 is 29.0 Å². The van der Waals surface area contributed by atoms with E-state index in [-0.39, 0.29) is 5.97 Å². The maximum Gasteiger partial charge on any atom is 0.343 e. The third-order valence-corrected chi connectivity index (χ3v) is 5.99. The summed E-state index contributed by atoms with van der Waals surface area (Å²) in [5.41, 5.74) is 2.60. The van der Waals surface area contributed by atoms with Crippen LogP contribution in [-0.4, -0.2) is 11.1 Å². The van der Waals surface area contributed by atoms with E-state index < -0.39 is 0 Å². The molecule has 1 fully saturated rings. The topological polar surface area (TPSA) is 38.7 Å². The van der Waals surface area contributed by atoms with Gasteiger partial charge in [0, 0.05) is 0 Å². The predicted molar refractivity (Wildman–Crippen MR) is 121 cm³/mol. The zero-order chi connectivity index (χ0) is 20.5. The molecular formula is C25H29NO2S. The minimum absolute atomic E-state index is 0.345. The largest absolute Gasteiger partial charge is 0.423 e. The molecule has 0 saturated heterocycles. The lowest BCUT2D eigenvalue weighted by Crippen LogP contribution is -2.14. The van der Waals surface area contributed by atoms with Crippen LogP contribution >= 0.6 is 12.2 Å². The number of hydrogen-bond acceptors (Lipinski definition) is 4. The molecule has 152 valence electrons. The third kappa shape index (κ3) is 6.35. The number of carbonyl (C=O) groups excluding carboxylic acids is 1. The standard InChI is InChI=1S/C25H29NO2S/c1-2-3-4-5-19-6-8-20(9-7-19)21-10-12-22(13-11-21)25(27)28-24-16-14-23(15-17-24)26-18-29/h10-17,19-20H,2-9H2,1H3. The second kappa shape index (κ2) is 11.0. The molecule has 0 unspecified atom stereocenters. The van der Waals surface area contributed by atoms with E-state index in [4.69, 9.17) is 4.74 Å². The van der Waals surface area contributed by atoms with Gasteiger partial charge < -0.3 is 4.74 Å². The van der Waals surface area contributed by atoms with Crippen molar-refractivity contribution in [3.05, 3.63) is 59.7 Å². The lowest BCUT2D eigenvalue weighted by molar-refractivity contribution is 0.0734. The van der Waals surface area contributed by atoms with Crippen LogP contribution in [0.3, 0.4) is 0 Å². The van der Waals surface area contributed by atoms with E-state index in [0.29, 0.717) is 22.9 Å². The molecule has 0 atom stereocenters. The molecule has 0 amide bonds. The molecule has 3 rings (SSSR count). The minimum Gasteiger partial charge on any atom is -0.423 e. The van der Waals surface area contributed by atoms with Crippen LogP contribution in [0.5, 0.6) is 5.75 Å². The first kappa shape index (κ1) is 21.4. The molecule has 0 spiro atoms. The third-order valence-electron chi connectivity index (χ3n) is 5.90. The van der Waals surface area contributed by atoms with E-state index in [1.54, 1.807) is 24.3 Å². The lowest BCUT2D eigenvalue weighted by Gasteiger charge is -2.29. The van der Waals surface area contributed by atoms with Crippen molar-refractivity contribution in [2.45, 2.75) is 64.2 Å². The number of esters is 1. The van der Waals surface area contributed by atoms with Crippen LogP contribution in [0.2, 0.25) is 0 Å². The highest BCUT2D eigenvalue weighted by Gasteiger charge is 2.22. The highest BCUT2D eigenvalue weighted by molar-refractivity contribution is 7.78. The zero-order valence-electron chi connectivity index (χ0n) is 17.1. The first-order valence-electron chi connectivity index (χ1n) is 10.7. The van der Waals surface area contributed by atoms with Crippen molar-refractivity contribution in [2.75, 3.05) is 0 Å². The van der Waals surface area contributed by atoms with E-state index in [1.165, 1.54) is 56.9 Å². The lowest BCUT2D eigenvalue weighted by atomic mass is 9.77. The van der Waals surface area contributed by atoms with Gasteiger partial charge in [-0.1, -0.05) is 44.7 Å². The Labute approximate surface area is 179 Å². The fraction of sp³-hybridized carbons (Fsp3) is 0.440. The number of nitrogens with zero attached hydrogens (tertiary/aromatic N) is 1. The molecule has 0 aromatic heterocycles. The van der Waals surface area contributed by atoms with Crippen LogP contribution in [-0.2, 0) is 0 Å². The van der Waals surface area contributed by atoms with Crippen LogP contribution in [0.4, 0.5) is 5.69 Å². The Kier molecular flexibility index (Phi) is 8.15. The van der Waals surface area contributed by atoms with Crippen LogP contribution in [0.15, 0.2) is 53.5 Å². The maximum atomic E-state index is 12.4. The van der Waals surface area contributed by atoms with Gasteiger partial charge >= 0.3 is 5.97 Å². The average molecular weight is 408 g/mol. The molecule has 2 aromatic rings. The maximum absolute atomic E-state index is 12.4. The molecule has 2 aromatic carbocycles. The van der Waals surface area contributed by atoms with Gasteiger partial charge in [0.25, 0.3) is 0 Å². The summed E-state index contributed by atoms with van der Waals surface area (Å²) in [5.74, 6) is 1.68. The average Bonchev–Trinajstić information content (AvgIpc) is 2.76. The summed E-state index contributed by atoms with van der Waals surface area (Å²) in [5, 5.41) is 2.32. The summed E-state index contributed by atoms with van der Waals surface area (Å²) in [6, 6.07) is 14.8. The number of thiocarbonyl (C=S) groups is 1. The van der Waals surface area contributed by atoms with Crippen molar-refractivity contribution in [3.63, 3.8) is 0 Å². The fourth-order valence-corrected chi connectivity index (χ4v) is 4.27. The van der Waals surface area contributed by atoms with Gasteiger partial charge in [0.2, 0.25) is 0 Å². The summed E-state index contributed by atoms with van der Waals surface area (Å²) >= 11 is 4.58. The number of carbonyl (C=O) groups is 1. The summed E-state index contributed by atoms with van der Waals surface area (Å²) in [6.07, 6.45) is 10.6. The number of benzene rings is 2. The van der Waals surface area contributed by atoms with Gasteiger partial charge in [0.05, 0.1) is 16.4 Å². The van der Waals surface area contributed by atoms with E-state index in [1.807, 2.05) is 12.1 Å². The van der Waals surface area contributed by atoms with Crippen molar-refractivity contribution in [1.82, 2.24) is 0 Å². The number of isothiocyanates is 1. The summed E-state index contributed by atoms with van der Waals surface area (Å²) in [4.78, 5) is 16.3. The minimum atomic E-state index is -0.345. The molecule has 0 aliphatic heterocycles. The Balaban J connectivity index is 1.52. The predicted octanol–water partition coefficient (Wildman–Crippen LogP) is 7.49. The van der Waals surface area contributed by atoms with Crippen molar-refractivity contribution in [1.29, 1.82) is 0 Å². The Morgan fingerprint density at radius 3 is 2.34 bits per heavy atom. The molecular weight excluding hydrogens is 378 g/mol. The summed E-state index contributed by atoms with van der Waals surface area (Å²) in [7, 11) is 0. The van der Waals surface area contributed by atoms with E-state index in [0.717, 1.165) is 5.92 Å². The summed E-state index contributed by atoms with van der Waals surface area (Å²) < 4.78 is 5.45. The van der Waals surface area contributed by atoms with Gasteiger partial charge in [-0.15, -0.1) is 0 Å². The number of ether oxygens (including phenoxy) is 1. The molecule has 0 radical (unpaired) electrons. The Morgan fingerprint density at radius 1 is 1.03 bits per heavy atom. The number of aliphatic imine (C=N–C) groups is 1. The van der Waals surface area contributed by atoms with Crippen LogP contribution in [0.25, 0.3) is 0 Å². The van der Waals surface area contributed by atoms with Crippen LogP contribution in [0.1, 0.15) is 80.1 Å². The molecule has 1 aliphatic carbocycles. The summed E-state index contributed by atoms with van der Waals surface area (Å²) in [6.45, 7) is 2.27. The van der Waals surface area contributed by atoms with Crippen LogP contribution in [0, 0.1) is 5.92 Å². The fourth-order valence-electron chi connectivity index (χ4n) is 4.17. The van der Waals surface area contributed by atoms with Crippen molar-refractivity contribution < 1.29 is 9.53 Å². The first-order chi connectivity index (χ1) is 14.2. The number of hydrogen-bond donors (Lipinski definition) is 0. The highest BCUT2D eigenvalue weighted by Crippen LogP contribution is 2.37. The second-order valence-corrected chi connectivity index (χ2v) is 8.10. The molecule has 3 nitrogen and oxygen atoms in total. The smallest absolute Gasteiger partial charge is 0.343 e. The Hall–Kier alpha value is -2.29. The molecule has 0 N–H and O–H groups in total. The van der Waals surface area contributed by atoms with Gasteiger partial charge in [-0.3, -0.25) is 0 Å². The van der Waals surface area contributed by atoms with Gasteiger partial charge in [-0.05, 0) is 91.7 Å². The van der Waals surface area contributed by atoms with Gasteiger partial charge in [0.1, 0.15) is 5.75 Å². The number of rotatable bonds is 8. The van der Waals surface area contributed by atoms with Crippen molar-refractivity contribution in [3.8, 4) is 5.75 Å². The normalized spacial score (nSPS) is 18.7. The van der Waals surface area contributed by atoms with E-state index >= 15 is 0 Å². The monoisotopic (exact) mass is 407 g/mol. The Bertz CT molecular complexity index is 830. The molecule has 4 heteroatoms. The van der Waals surface area contributed by atoms with Crippen LogP contribution < -0.4 is 4.74 Å². The molecule has 0 heterocycles.